The Labute approximate surface area is 167 Å². The summed E-state index contributed by atoms with van der Waals surface area (Å²) in [6, 6.07) is 0. The highest BCUT2D eigenvalue weighted by Gasteiger charge is 2.30. The first-order valence-electron chi connectivity index (χ1n) is 12.2. The average Bonchev–Trinajstić information content (AvgIpc) is 2.69. The van der Waals surface area contributed by atoms with E-state index in [1.54, 1.807) is 0 Å². The zero-order chi connectivity index (χ0) is 19.3. The molecule has 0 aliphatic heterocycles. The predicted octanol–water partition coefficient (Wildman–Crippen LogP) is 9.30. The molecule has 0 N–H and O–H groups in total. The summed E-state index contributed by atoms with van der Waals surface area (Å²) < 4.78 is 24.5. The molecule has 0 nitrogen and oxygen atoms in total. The monoisotopic (exact) mass is 382 g/mol. The Hall–Kier alpha value is -0.400. The Morgan fingerprint density at radius 1 is 0.667 bits per heavy atom. The van der Waals surface area contributed by atoms with Crippen LogP contribution in [-0.4, -0.2) is 0 Å². The molecule has 27 heavy (non-hydrogen) atoms. The van der Waals surface area contributed by atoms with Crippen LogP contribution in [0.4, 0.5) is 8.78 Å². The molecule has 0 bridgehead atoms. The summed E-state index contributed by atoms with van der Waals surface area (Å²) >= 11 is 0. The Morgan fingerprint density at radius 2 is 1.15 bits per heavy atom. The van der Waals surface area contributed by atoms with Gasteiger partial charge in [0.05, 0.1) is 0 Å². The highest BCUT2D eigenvalue weighted by Crippen LogP contribution is 2.43. The molecule has 2 aliphatic carbocycles. The molecule has 0 saturated heterocycles. The SMILES string of the molecule is CCCCCCCCCC[C@H]1CC[C@H](C2CCC(CC=C(F)F)CC2)CC1. The zero-order valence-corrected chi connectivity index (χ0v) is 17.9. The number of rotatable bonds is 12. The van der Waals surface area contributed by atoms with Gasteiger partial charge in [0.1, 0.15) is 0 Å². The first-order valence-corrected chi connectivity index (χ1v) is 12.2. The molecule has 2 rings (SSSR count). The van der Waals surface area contributed by atoms with Crippen LogP contribution >= 0.6 is 0 Å². The third-order valence-corrected chi connectivity index (χ3v) is 7.52. The maximum absolute atomic E-state index is 12.2. The van der Waals surface area contributed by atoms with Gasteiger partial charge < -0.3 is 0 Å². The van der Waals surface area contributed by atoms with Gasteiger partial charge >= 0.3 is 0 Å². The van der Waals surface area contributed by atoms with Crippen LogP contribution in [0.1, 0.15) is 122 Å². The van der Waals surface area contributed by atoms with E-state index in [1.165, 1.54) is 109 Å². The first kappa shape index (κ1) is 22.9. The summed E-state index contributed by atoms with van der Waals surface area (Å²) in [5.41, 5.74) is 0. The molecule has 0 atom stereocenters. The molecule has 0 heterocycles. The van der Waals surface area contributed by atoms with Crippen molar-refractivity contribution in [2.75, 3.05) is 0 Å². The lowest BCUT2D eigenvalue weighted by atomic mass is 9.68. The van der Waals surface area contributed by atoms with Crippen molar-refractivity contribution in [2.45, 2.75) is 122 Å². The minimum Gasteiger partial charge on any atom is -0.174 e. The maximum atomic E-state index is 12.2. The molecule has 0 aromatic rings. The molecule has 0 unspecified atom stereocenters. The number of halogens is 2. The van der Waals surface area contributed by atoms with Gasteiger partial charge in [0.2, 0.25) is 0 Å². The fourth-order valence-electron chi connectivity index (χ4n) is 5.67. The topological polar surface area (TPSA) is 0 Å². The highest BCUT2D eigenvalue weighted by molar-refractivity contribution is 4.87. The van der Waals surface area contributed by atoms with Gasteiger partial charge in [-0.3, -0.25) is 0 Å². The Balaban J connectivity index is 1.49. The fraction of sp³-hybridized carbons (Fsp3) is 0.920. The van der Waals surface area contributed by atoms with Crippen LogP contribution in [0.3, 0.4) is 0 Å². The van der Waals surface area contributed by atoms with Crippen molar-refractivity contribution in [3.05, 3.63) is 12.2 Å². The van der Waals surface area contributed by atoms with E-state index >= 15 is 0 Å². The quantitative estimate of drug-likeness (QED) is 0.295. The van der Waals surface area contributed by atoms with Crippen LogP contribution < -0.4 is 0 Å². The molecule has 0 amide bonds. The minimum atomic E-state index is -1.49. The second-order valence-corrected chi connectivity index (χ2v) is 9.55. The molecule has 0 spiro atoms. The van der Waals surface area contributed by atoms with Crippen LogP contribution in [0, 0.1) is 23.7 Å². The standard InChI is InChI=1S/C25H44F2/c1-2-3-4-5-6-7-8-9-10-21-11-16-23(17-12-21)24-18-13-22(14-19-24)15-20-25(26)27/h20-24H,2-19H2,1H3/t21-,22?,23-,24?. The van der Waals surface area contributed by atoms with Crippen molar-refractivity contribution in [3.63, 3.8) is 0 Å². The Bertz CT molecular complexity index is 383. The molecule has 2 saturated carbocycles. The van der Waals surface area contributed by atoms with Gasteiger partial charge in [0.25, 0.3) is 6.08 Å². The van der Waals surface area contributed by atoms with E-state index in [9.17, 15) is 8.78 Å². The Morgan fingerprint density at radius 3 is 1.67 bits per heavy atom. The minimum absolute atomic E-state index is 0.515. The average molecular weight is 383 g/mol. The van der Waals surface area contributed by atoms with Crippen LogP contribution in [0.5, 0.6) is 0 Å². The lowest BCUT2D eigenvalue weighted by Gasteiger charge is -2.37. The van der Waals surface area contributed by atoms with E-state index in [0.717, 1.165) is 23.8 Å². The van der Waals surface area contributed by atoms with Gasteiger partial charge in [-0.1, -0.05) is 77.6 Å². The van der Waals surface area contributed by atoms with E-state index in [1.807, 2.05) is 0 Å². The van der Waals surface area contributed by atoms with Crippen molar-refractivity contribution in [1.82, 2.24) is 0 Å². The maximum Gasteiger partial charge on any atom is 0.266 e. The van der Waals surface area contributed by atoms with Gasteiger partial charge in [0, 0.05) is 0 Å². The lowest BCUT2D eigenvalue weighted by molar-refractivity contribution is 0.143. The molecule has 0 aromatic heterocycles. The largest absolute Gasteiger partial charge is 0.266 e. The second kappa shape index (κ2) is 13.7. The van der Waals surface area contributed by atoms with Crippen LogP contribution in [0.15, 0.2) is 12.2 Å². The van der Waals surface area contributed by atoms with E-state index in [4.69, 9.17) is 0 Å². The van der Waals surface area contributed by atoms with E-state index in [-0.39, 0.29) is 0 Å². The summed E-state index contributed by atoms with van der Waals surface area (Å²) in [6.07, 6.45) is 23.9. The molecule has 2 heteroatoms. The number of unbranched alkanes of at least 4 members (excludes halogenated alkanes) is 7. The van der Waals surface area contributed by atoms with Gasteiger partial charge in [-0.25, -0.2) is 0 Å². The normalized spacial score (nSPS) is 28.9. The molecule has 2 aliphatic rings. The summed E-state index contributed by atoms with van der Waals surface area (Å²) in [7, 11) is 0. The first-order chi connectivity index (χ1) is 13.2. The number of allylic oxidation sites excluding steroid dienone is 1. The third-order valence-electron chi connectivity index (χ3n) is 7.52. The lowest BCUT2D eigenvalue weighted by Crippen LogP contribution is -2.25. The molecule has 0 radical (unpaired) electrons. The smallest absolute Gasteiger partial charge is 0.174 e. The molecular weight excluding hydrogens is 338 g/mol. The molecule has 158 valence electrons. The predicted molar refractivity (Wildman–Crippen MR) is 113 cm³/mol. The molecule has 2 fully saturated rings. The van der Waals surface area contributed by atoms with E-state index in [2.05, 4.69) is 6.92 Å². The fourth-order valence-corrected chi connectivity index (χ4v) is 5.67. The van der Waals surface area contributed by atoms with Gasteiger partial charge in [-0.2, -0.15) is 8.78 Å². The number of hydrogen-bond acceptors (Lipinski definition) is 0. The summed E-state index contributed by atoms with van der Waals surface area (Å²) in [6.45, 7) is 2.29. The summed E-state index contributed by atoms with van der Waals surface area (Å²) in [5, 5.41) is 0. The zero-order valence-electron chi connectivity index (χ0n) is 17.9. The summed E-state index contributed by atoms with van der Waals surface area (Å²) in [4.78, 5) is 0. The van der Waals surface area contributed by atoms with Crippen molar-refractivity contribution < 1.29 is 8.78 Å². The Kier molecular flexibility index (Phi) is 11.6. The van der Waals surface area contributed by atoms with Crippen LogP contribution in [-0.2, 0) is 0 Å². The number of hydrogen-bond donors (Lipinski definition) is 0. The van der Waals surface area contributed by atoms with Crippen molar-refractivity contribution in [3.8, 4) is 0 Å². The van der Waals surface area contributed by atoms with Gasteiger partial charge in [-0.15, -0.1) is 0 Å². The molecule has 0 aromatic carbocycles. The van der Waals surface area contributed by atoms with Crippen molar-refractivity contribution in [1.29, 1.82) is 0 Å². The third kappa shape index (κ3) is 9.57. The van der Waals surface area contributed by atoms with Crippen molar-refractivity contribution in [2.24, 2.45) is 23.7 Å². The highest BCUT2D eigenvalue weighted by atomic mass is 19.3. The summed E-state index contributed by atoms with van der Waals surface area (Å²) in [5.74, 6) is 3.34. The van der Waals surface area contributed by atoms with Crippen molar-refractivity contribution >= 4 is 0 Å². The van der Waals surface area contributed by atoms with Gasteiger partial charge in [-0.05, 0) is 74.7 Å². The van der Waals surface area contributed by atoms with Gasteiger partial charge in [0.15, 0.2) is 0 Å². The second-order valence-electron chi connectivity index (χ2n) is 9.55. The van der Waals surface area contributed by atoms with Crippen LogP contribution in [0.25, 0.3) is 0 Å². The van der Waals surface area contributed by atoms with Crippen LogP contribution in [0.2, 0.25) is 0 Å². The van der Waals surface area contributed by atoms with E-state index in [0.29, 0.717) is 12.3 Å². The van der Waals surface area contributed by atoms with E-state index < -0.39 is 6.08 Å². The molecular formula is C25H44F2.